The molecule has 0 saturated heterocycles. The lowest BCUT2D eigenvalue weighted by Gasteiger charge is -2.05. The van der Waals surface area contributed by atoms with E-state index in [0.717, 1.165) is 25.5 Å². The molecule has 0 aliphatic carbocycles. The molecule has 6 rings (SSSR count). The molecule has 4 heterocycles. The number of fused-ring (bicyclic) bond motifs is 5. The SMILES string of the molecule is Bc1cc(O)ccc1-c1sc2c(sc3c4sc(-c5ccc(O)cc5Br)c(B)c4sc23)c1Br. The number of halogens is 2. The van der Waals surface area contributed by atoms with Gasteiger partial charge in [-0.15, -0.1) is 45.3 Å². The standard InChI is InChI=1S/C22H12B2Br2O2S4/c23-11-5-7(27)1-3-9(11)16-14(26)18-20(30-16)22-21(32-18)19-17(31-22)13(24)15(29-19)10-4-2-8(28)6-12(10)25/h1-6,27-28H,23-24H2. The molecule has 0 aliphatic heterocycles. The highest BCUT2D eigenvalue weighted by molar-refractivity contribution is 9.11. The molecule has 4 aromatic heterocycles. The van der Waals surface area contributed by atoms with Gasteiger partial charge in [0.15, 0.2) is 0 Å². The fraction of sp³-hybridized carbons (Fsp3) is 0. The van der Waals surface area contributed by atoms with Crippen molar-refractivity contribution in [2.45, 2.75) is 0 Å². The fourth-order valence-electron chi connectivity index (χ4n) is 4.02. The molecule has 10 heteroatoms. The van der Waals surface area contributed by atoms with Gasteiger partial charge >= 0.3 is 0 Å². The van der Waals surface area contributed by atoms with Crippen LogP contribution in [-0.4, -0.2) is 25.9 Å². The summed E-state index contributed by atoms with van der Waals surface area (Å²) in [6.07, 6.45) is 0. The number of rotatable bonds is 2. The van der Waals surface area contributed by atoms with Gasteiger partial charge in [0.1, 0.15) is 27.2 Å². The van der Waals surface area contributed by atoms with Crippen molar-refractivity contribution in [2.24, 2.45) is 0 Å². The van der Waals surface area contributed by atoms with E-state index < -0.39 is 0 Å². The number of phenolic OH excluding ortho intramolecular Hbond substituents is 2. The third kappa shape index (κ3) is 3.07. The van der Waals surface area contributed by atoms with Crippen molar-refractivity contribution in [3.63, 3.8) is 0 Å². The maximum Gasteiger partial charge on any atom is 0.143 e. The van der Waals surface area contributed by atoms with Crippen LogP contribution in [0, 0.1) is 0 Å². The van der Waals surface area contributed by atoms with Crippen molar-refractivity contribution < 1.29 is 10.2 Å². The van der Waals surface area contributed by atoms with Crippen LogP contribution in [0.4, 0.5) is 0 Å². The summed E-state index contributed by atoms with van der Waals surface area (Å²) in [5.74, 6) is 0.565. The highest BCUT2D eigenvalue weighted by atomic mass is 79.9. The smallest absolute Gasteiger partial charge is 0.143 e. The summed E-state index contributed by atoms with van der Waals surface area (Å²) >= 11 is 14.9. The van der Waals surface area contributed by atoms with Crippen molar-refractivity contribution in [3.05, 3.63) is 45.3 Å². The fourth-order valence-corrected chi connectivity index (χ4v) is 11.7. The van der Waals surface area contributed by atoms with Crippen molar-refractivity contribution in [3.8, 4) is 32.4 Å². The van der Waals surface area contributed by atoms with Crippen LogP contribution in [-0.2, 0) is 0 Å². The van der Waals surface area contributed by atoms with Gasteiger partial charge in [-0.2, -0.15) is 0 Å². The zero-order valence-electron chi connectivity index (χ0n) is 16.7. The largest absolute Gasteiger partial charge is 0.508 e. The lowest BCUT2D eigenvalue weighted by atomic mass is 9.90. The van der Waals surface area contributed by atoms with E-state index in [9.17, 15) is 10.2 Å². The highest BCUT2D eigenvalue weighted by Gasteiger charge is 2.24. The third-order valence-corrected chi connectivity index (χ3v) is 13.3. The number of hydrogen-bond acceptors (Lipinski definition) is 6. The van der Waals surface area contributed by atoms with Crippen LogP contribution in [0.5, 0.6) is 11.5 Å². The number of phenols is 2. The first kappa shape index (κ1) is 21.3. The van der Waals surface area contributed by atoms with Gasteiger partial charge in [0, 0.05) is 19.6 Å². The molecule has 0 aliphatic rings. The molecule has 0 fully saturated rings. The normalized spacial score (nSPS) is 11.9. The van der Waals surface area contributed by atoms with Gasteiger partial charge < -0.3 is 10.2 Å². The zero-order chi connectivity index (χ0) is 22.3. The molecule has 32 heavy (non-hydrogen) atoms. The van der Waals surface area contributed by atoms with Gasteiger partial charge in [0.25, 0.3) is 0 Å². The summed E-state index contributed by atoms with van der Waals surface area (Å²) in [6, 6.07) is 11.1. The van der Waals surface area contributed by atoms with Gasteiger partial charge in [-0.05, 0) is 67.8 Å². The predicted molar refractivity (Wildman–Crippen MR) is 156 cm³/mol. The van der Waals surface area contributed by atoms with Crippen molar-refractivity contribution >= 4 is 132 Å². The molecule has 6 aromatic rings. The van der Waals surface area contributed by atoms with Gasteiger partial charge in [0.05, 0.1) is 32.8 Å². The zero-order valence-corrected chi connectivity index (χ0v) is 23.2. The highest BCUT2D eigenvalue weighted by Crippen LogP contribution is 2.54. The monoisotopic (exact) mass is 616 g/mol. The van der Waals surface area contributed by atoms with E-state index in [-0.39, 0.29) is 5.75 Å². The van der Waals surface area contributed by atoms with Crippen LogP contribution in [0.3, 0.4) is 0 Å². The Morgan fingerprint density at radius 3 is 1.88 bits per heavy atom. The molecular formula is C22H12B2Br2O2S4. The summed E-state index contributed by atoms with van der Waals surface area (Å²) in [6.45, 7) is 0. The molecule has 0 amide bonds. The van der Waals surface area contributed by atoms with Gasteiger partial charge in [0.2, 0.25) is 0 Å². The minimum atomic E-state index is 0.266. The molecule has 0 radical (unpaired) electrons. The molecule has 2 N–H and O–H groups in total. The van der Waals surface area contributed by atoms with Gasteiger partial charge in [-0.3, -0.25) is 0 Å². The molecule has 0 bridgehead atoms. The number of thiophene rings is 4. The number of hydrogen-bond donors (Lipinski definition) is 2. The summed E-state index contributed by atoms with van der Waals surface area (Å²) in [4.78, 5) is 2.46. The van der Waals surface area contributed by atoms with Crippen LogP contribution >= 0.6 is 77.2 Å². The van der Waals surface area contributed by atoms with Crippen LogP contribution in [0.2, 0.25) is 0 Å². The van der Waals surface area contributed by atoms with Crippen molar-refractivity contribution in [2.75, 3.05) is 0 Å². The van der Waals surface area contributed by atoms with E-state index in [4.69, 9.17) is 0 Å². The van der Waals surface area contributed by atoms with E-state index in [2.05, 4.69) is 39.7 Å². The van der Waals surface area contributed by atoms with E-state index in [1.54, 1.807) is 18.2 Å². The number of benzene rings is 2. The average molecular weight is 618 g/mol. The Kier molecular flexibility index (Phi) is 5.06. The Balaban J connectivity index is 1.57. The molecule has 0 unspecified atom stereocenters. The first-order chi connectivity index (χ1) is 15.3. The molecule has 0 atom stereocenters. The summed E-state index contributed by atoms with van der Waals surface area (Å²) < 4.78 is 10.1. The Morgan fingerprint density at radius 2 is 1.19 bits per heavy atom. The van der Waals surface area contributed by atoms with Crippen molar-refractivity contribution in [1.82, 2.24) is 0 Å². The Labute approximate surface area is 218 Å². The van der Waals surface area contributed by atoms with Gasteiger partial charge in [-0.1, -0.05) is 17.0 Å². The van der Waals surface area contributed by atoms with Crippen LogP contribution < -0.4 is 10.9 Å². The Bertz CT molecular complexity index is 1580. The predicted octanol–water partition coefficient (Wildman–Crippen LogP) is 6.18. The Hall–Kier alpha value is -1.29. The maximum absolute atomic E-state index is 9.79. The topological polar surface area (TPSA) is 40.5 Å². The van der Waals surface area contributed by atoms with E-state index in [1.807, 2.05) is 71.4 Å². The molecule has 2 nitrogen and oxygen atoms in total. The summed E-state index contributed by atoms with van der Waals surface area (Å²) in [5, 5.41) is 19.6. The minimum absolute atomic E-state index is 0.266. The van der Waals surface area contributed by atoms with Crippen LogP contribution in [0.1, 0.15) is 0 Å². The van der Waals surface area contributed by atoms with Gasteiger partial charge in [-0.25, -0.2) is 0 Å². The van der Waals surface area contributed by atoms with Crippen LogP contribution in [0.15, 0.2) is 45.3 Å². The van der Waals surface area contributed by atoms with Crippen molar-refractivity contribution in [1.29, 1.82) is 0 Å². The lowest BCUT2D eigenvalue weighted by molar-refractivity contribution is 0.475. The maximum atomic E-state index is 9.79. The number of aromatic hydroxyl groups is 2. The Morgan fingerprint density at radius 1 is 0.625 bits per heavy atom. The molecule has 156 valence electrons. The molecule has 0 spiro atoms. The lowest BCUT2D eigenvalue weighted by Crippen LogP contribution is -2.04. The van der Waals surface area contributed by atoms with E-state index >= 15 is 0 Å². The third-order valence-electron chi connectivity index (χ3n) is 5.58. The summed E-state index contributed by atoms with van der Waals surface area (Å²) in [7, 11) is 4.23. The molecule has 0 saturated carbocycles. The second-order valence-corrected chi connectivity index (χ2v) is 13.4. The molecule has 2 aromatic carbocycles. The second kappa shape index (κ2) is 7.61. The van der Waals surface area contributed by atoms with E-state index in [1.165, 1.54) is 43.4 Å². The quantitative estimate of drug-likeness (QED) is 0.228. The minimum Gasteiger partial charge on any atom is -0.508 e. The summed E-state index contributed by atoms with van der Waals surface area (Å²) in [5.41, 5.74) is 4.64. The van der Waals surface area contributed by atoms with E-state index in [0.29, 0.717) is 5.75 Å². The van der Waals surface area contributed by atoms with Crippen LogP contribution in [0.25, 0.3) is 49.1 Å². The first-order valence-electron chi connectivity index (χ1n) is 9.68. The molecular weight excluding hydrogens is 606 g/mol. The first-order valence-corrected chi connectivity index (χ1v) is 14.5. The second-order valence-electron chi connectivity index (χ2n) is 7.64. The average Bonchev–Trinajstić information content (AvgIpc) is 3.43.